The second-order valence-corrected chi connectivity index (χ2v) is 7.12. The van der Waals surface area contributed by atoms with Gasteiger partial charge in [-0.3, -0.25) is 4.79 Å². The largest absolute Gasteiger partial charge is 0.311 e. The lowest BCUT2D eigenvalue weighted by atomic mass is 10.2. The summed E-state index contributed by atoms with van der Waals surface area (Å²) in [5.74, 6) is -0.694. The van der Waals surface area contributed by atoms with Crippen LogP contribution < -0.4 is 9.62 Å². The minimum absolute atomic E-state index is 0.00941. The van der Waals surface area contributed by atoms with Crippen LogP contribution in [0.5, 0.6) is 0 Å². The van der Waals surface area contributed by atoms with Crippen LogP contribution in [0, 0.1) is 5.82 Å². The number of sulfonamides is 1. The summed E-state index contributed by atoms with van der Waals surface area (Å²) >= 11 is 5.89. The summed E-state index contributed by atoms with van der Waals surface area (Å²) in [5.41, 5.74) is 0.487. The Morgan fingerprint density at radius 3 is 2.38 bits per heavy atom. The number of halogens is 2. The predicted octanol–water partition coefficient (Wildman–Crippen LogP) is 2.81. The molecular formula is C16H16ClFN2O3S. The SMILES string of the molecule is CC(=O)N(CCNS(=O)(=O)c1ccccc1Cl)c1ccc(F)cc1. The van der Waals surface area contributed by atoms with Crippen LogP contribution in [0.3, 0.4) is 0 Å². The van der Waals surface area contributed by atoms with Gasteiger partial charge >= 0.3 is 0 Å². The average Bonchev–Trinajstić information content (AvgIpc) is 2.52. The standard InChI is InChI=1S/C16H16ClFN2O3S/c1-12(21)20(14-8-6-13(18)7-9-14)11-10-19-24(22,23)16-5-3-2-4-15(16)17/h2-9,19H,10-11H2,1H3. The van der Waals surface area contributed by atoms with E-state index >= 15 is 0 Å². The molecule has 2 aromatic carbocycles. The number of carbonyl (C=O) groups excluding carboxylic acids is 1. The lowest BCUT2D eigenvalue weighted by Gasteiger charge is -2.21. The maximum absolute atomic E-state index is 13.0. The van der Waals surface area contributed by atoms with E-state index in [1.165, 1.54) is 48.2 Å². The summed E-state index contributed by atoms with van der Waals surface area (Å²) in [4.78, 5) is 13.1. The normalized spacial score (nSPS) is 11.3. The zero-order valence-corrected chi connectivity index (χ0v) is 14.4. The molecule has 0 spiro atoms. The molecule has 0 radical (unpaired) electrons. The van der Waals surface area contributed by atoms with E-state index in [0.717, 1.165) is 0 Å². The molecule has 0 saturated heterocycles. The molecule has 0 bridgehead atoms. The van der Waals surface area contributed by atoms with Crippen LogP contribution in [0.2, 0.25) is 5.02 Å². The zero-order valence-electron chi connectivity index (χ0n) is 12.9. The van der Waals surface area contributed by atoms with Crippen LogP contribution in [0.1, 0.15) is 6.92 Å². The monoisotopic (exact) mass is 370 g/mol. The first kappa shape index (κ1) is 18.4. The van der Waals surface area contributed by atoms with Gasteiger partial charge in [-0.1, -0.05) is 23.7 Å². The molecule has 0 fully saturated rings. The number of nitrogens with zero attached hydrogens (tertiary/aromatic N) is 1. The van der Waals surface area contributed by atoms with Crippen LogP contribution >= 0.6 is 11.6 Å². The molecule has 1 amide bonds. The quantitative estimate of drug-likeness (QED) is 0.850. The van der Waals surface area contributed by atoms with Gasteiger partial charge in [0.15, 0.2) is 0 Å². The number of rotatable bonds is 6. The Hall–Kier alpha value is -1.96. The van der Waals surface area contributed by atoms with Crippen molar-refractivity contribution in [3.63, 3.8) is 0 Å². The Kier molecular flexibility index (Phi) is 5.93. The molecule has 0 aliphatic rings. The third-order valence-corrected chi connectivity index (χ3v) is 5.23. The van der Waals surface area contributed by atoms with Crippen molar-refractivity contribution < 1.29 is 17.6 Å². The van der Waals surface area contributed by atoms with Gasteiger partial charge in [0.1, 0.15) is 10.7 Å². The van der Waals surface area contributed by atoms with E-state index in [1.807, 2.05) is 0 Å². The van der Waals surface area contributed by atoms with Crippen molar-refractivity contribution in [1.29, 1.82) is 0 Å². The van der Waals surface area contributed by atoms with Crippen molar-refractivity contribution in [2.45, 2.75) is 11.8 Å². The van der Waals surface area contributed by atoms with Gasteiger partial charge in [0.25, 0.3) is 0 Å². The average molecular weight is 371 g/mol. The third-order valence-electron chi connectivity index (χ3n) is 3.27. The van der Waals surface area contributed by atoms with Gasteiger partial charge in [-0.2, -0.15) is 0 Å². The molecule has 0 saturated carbocycles. The predicted molar refractivity (Wildman–Crippen MR) is 91.1 cm³/mol. The number of anilines is 1. The lowest BCUT2D eigenvalue weighted by Crippen LogP contribution is -2.37. The van der Waals surface area contributed by atoms with Crippen LogP contribution in [-0.2, 0) is 14.8 Å². The number of carbonyl (C=O) groups is 1. The number of hydrogen-bond acceptors (Lipinski definition) is 3. The van der Waals surface area contributed by atoms with E-state index in [-0.39, 0.29) is 28.9 Å². The van der Waals surface area contributed by atoms with Crippen molar-refractivity contribution in [1.82, 2.24) is 4.72 Å². The topological polar surface area (TPSA) is 66.5 Å². The van der Waals surface area contributed by atoms with E-state index in [1.54, 1.807) is 12.1 Å². The molecule has 8 heteroatoms. The van der Waals surface area contributed by atoms with Gasteiger partial charge in [0, 0.05) is 25.7 Å². The van der Waals surface area contributed by atoms with Crippen LogP contribution in [0.25, 0.3) is 0 Å². The smallest absolute Gasteiger partial charge is 0.242 e. The minimum Gasteiger partial charge on any atom is -0.311 e. The molecule has 0 aromatic heterocycles. The van der Waals surface area contributed by atoms with Gasteiger partial charge in [0.05, 0.1) is 5.02 Å². The highest BCUT2D eigenvalue weighted by Gasteiger charge is 2.18. The van der Waals surface area contributed by atoms with Crippen molar-refractivity contribution in [2.24, 2.45) is 0 Å². The van der Waals surface area contributed by atoms with Crippen molar-refractivity contribution in [2.75, 3.05) is 18.0 Å². The lowest BCUT2D eigenvalue weighted by molar-refractivity contribution is -0.116. The fourth-order valence-electron chi connectivity index (χ4n) is 2.12. The highest BCUT2D eigenvalue weighted by molar-refractivity contribution is 7.89. The number of benzene rings is 2. The number of amides is 1. The number of hydrogen-bond donors (Lipinski definition) is 1. The summed E-state index contributed by atoms with van der Waals surface area (Å²) in [7, 11) is -3.78. The molecule has 0 unspecified atom stereocenters. The minimum atomic E-state index is -3.78. The van der Waals surface area contributed by atoms with Crippen molar-refractivity contribution in [3.05, 3.63) is 59.4 Å². The summed E-state index contributed by atoms with van der Waals surface area (Å²) < 4.78 is 39.9. The van der Waals surface area contributed by atoms with Gasteiger partial charge in [-0.15, -0.1) is 0 Å². The molecule has 128 valence electrons. The van der Waals surface area contributed by atoms with E-state index in [9.17, 15) is 17.6 Å². The molecule has 2 aromatic rings. The van der Waals surface area contributed by atoms with Crippen LogP contribution in [0.15, 0.2) is 53.4 Å². The molecular weight excluding hydrogens is 355 g/mol. The first-order valence-electron chi connectivity index (χ1n) is 7.09. The van der Waals surface area contributed by atoms with Crippen LogP contribution in [-0.4, -0.2) is 27.4 Å². The summed E-state index contributed by atoms with van der Waals surface area (Å²) in [6.07, 6.45) is 0. The highest BCUT2D eigenvalue weighted by atomic mass is 35.5. The zero-order chi connectivity index (χ0) is 17.7. The maximum atomic E-state index is 13.0. The van der Waals surface area contributed by atoms with Crippen molar-refractivity contribution in [3.8, 4) is 0 Å². The van der Waals surface area contributed by atoms with Gasteiger partial charge < -0.3 is 4.90 Å². The maximum Gasteiger partial charge on any atom is 0.242 e. The summed E-state index contributed by atoms with van der Waals surface area (Å²) in [6, 6.07) is 11.5. The molecule has 0 heterocycles. The Bertz CT molecular complexity index is 825. The van der Waals surface area contributed by atoms with Crippen molar-refractivity contribution >= 4 is 33.2 Å². The highest BCUT2D eigenvalue weighted by Crippen LogP contribution is 2.20. The molecule has 5 nitrogen and oxygen atoms in total. The molecule has 0 aliphatic carbocycles. The second-order valence-electron chi connectivity index (χ2n) is 4.98. The van der Waals surface area contributed by atoms with E-state index in [2.05, 4.69) is 4.72 Å². The van der Waals surface area contributed by atoms with E-state index in [4.69, 9.17) is 11.6 Å². The Labute approximate surface area is 145 Å². The molecule has 0 atom stereocenters. The van der Waals surface area contributed by atoms with Gasteiger partial charge in [0.2, 0.25) is 15.9 Å². The van der Waals surface area contributed by atoms with E-state index < -0.39 is 15.8 Å². The Balaban J connectivity index is 2.07. The molecule has 0 aliphatic heterocycles. The second kappa shape index (κ2) is 7.74. The van der Waals surface area contributed by atoms with Gasteiger partial charge in [-0.05, 0) is 36.4 Å². The molecule has 24 heavy (non-hydrogen) atoms. The Morgan fingerprint density at radius 1 is 1.17 bits per heavy atom. The fourth-order valence-corrected chi connectivity index (χ4v) is 3.66. The first-order chi connectivity index (χ1) is 11.3. The van der Waals surface area contributed by atoms with Gasteiger partial charge in [-0.25, -0.2) is 17.5 Å². The van der Waals surface area contributed by atoms with E-state index in [0.29, 0.717) is 5.69 Å². The third kappa shape index (κ3) is 4.53. The first-order valence-corrected chi connectivity index (χ1v) is 8.95. The fraction of sp³-hybridized carbons (Fsp3) is 0.188. The molecule has 2 rings (SSSR count). The molecule has 1 N–H and O–H groups in total. The van der Waals surface area contributed by atoms with Crippen LogP contribution in [0.4, 0.5) is 10.1 Å². The summed E-state index contributed by atoms with van der Waals surface area (Å²) in [5, 5.41) is 0.118. The number of nitrogens with one attached hydrogen (secondary N) is 1. The summed E-state index contributed by atoms with van der Waals surface area (Å²) in [6.45, 7) is 1.45. The Morgan fingerprint density at radius 2 is 1.79 bits per heavy atom.